The van der Waals surface area contributed by atoms with E-state index in [9.17, 15) is 18.6 Å². The van der Waals surface area contributed by atoms with E-state index in [1.807, 2.05) is 13.8 Å². The van der Waals surface area contributed by atoms with Crippen LogP contribution in [0.1, 0.15) is 25.0 Å². The highest BCUT2D eigenvalue weighted by atomic mass is 35.5. The summed E-state index contributed by atoms with van der Waals surface area (Å²) in [4.78, 5) is 0. The summed E-state index contributed by atoms with van der Waals surface area (Å²) in [6, 6.07) is 13.7. The van der Waals surface area contributed by atoms with E-state index in [1.165, 1.54) is 12.2 Å². The maximum atomic E-state index is 13.5. The molecule has 0 spiro atoms. The average molecular weight is 503 g/mol. The van der Waals surface area contributed by atoms with Gasteiger partial charge in [0.2, 0.25) is 0 Å². The van der Waals surface area contributed by atoms with Gasteiger partial charge in [0.05, 0.1) is 10.5 Å². The zero-order chi connectivity index (χ0) is 24.0. The van der Waals surface area contributed by atoms with Gasteiger partial charge >= 0.3 is 0 Å². The Labute approximate surface area is 204 Å². The minimum atomic E-state index is -3.76. The Morgan fingerprint density at radius 1 is 0.727 bits per heavy atom. The summed E-state index contributed by atoms with van der Waals surface area (Å²) < 4.78 is 26.9. The molecule has 2 aliphatic carbocycles. The highest BCUT2D eigenvalue weighted by Crippen LogP contribution is 2.45. The smallest absolute Gasteiger partial charge is 0.170 e. The normalized spacial score (nSPS) is 29.5. The molecular formula is C26H24Cl2O4S. The van der Waals surface area contributed by atoms with Crippen LogP contribution in [0.3, 0.4) is 0 Å². The third kappa shape index (κ3) is 3.92. The third-order valence-corrected chi connectivity index (χ3v) is 9.68. The Morgan fingerprint density at radius 2 is 1.09 bits per heavy atom. The number of halogens is 2. The lowest BCUT2D eigenvalue weighted by atomic mass is 9.78. The molecule has 0 bridgehead atoms. The van der Waals surface area contributed by atoms with Crippen LogP contribution in [0.15, 0.2) is 95.1 Å². The number of para-hydroxylation sites is 2. The fourth-order valence-electron chi connectivity index (χ4n) is 4.33. The van der Waals surface area contributed by atoms with Crippen LogP contribution in [0.25, 0.3) is 0 Å². The molecule has 0 aliphatic heterocycles. The van der Waals surface area contributed by atoms with Gasteiger partial charge in [0, 0.05) is 32.0 Å². The molecule has 0 fully saturated rings. The largest absolute Gasteiger partial charge is 0.508 e. The molecular weight excluding hydrogens is 479 g/mol. The van der Waals surface area contributed by atoms with Crippen LogP contribution in [0, 0.1) is 0 Å². The summed E-state index contributed by atoms with van der Waals surface area (Å²) in [5.41, 5.74) is -0.481. The predicted octanol–water partition coefficient (Wildman–Crippen LogP) is 5.85. The first-order valence-corrected chi connectivity index (χ1v) is 12.8. The van der Waals surface area contributed by atoms with Gasteiger partial charge in [-0.05, 0) is 38.1 Å². The number of benzene rings is 2. The second-order valence-electron chi connectivity index (χ2n) is 8.70. The van der Waals surface area contributed by atoms with Gasteiger partial charge in [-0.2, -0.15) is 0 Å². The minimum absolute atomic E-state index is 0.0888. The van der Waals surface area contributed by atoms with Crippen molar-refractivity contribution in [2.75, 3.05) is 0 Å². The van der Waals surface area contributed by atoms with Crippen molar-refractivity contribution >= 4 is 33.0 Å². The second-order valence-corrected chi connectivity index (χ2v) is 11.8. The molecule has 0 radical (unpaired) electrons. The van der Waals surface area contributed by atoms with Gasteiger partial charge in [-0.1, -0.05) is 83.9 Å². The van der Waals surface area contributed by atoms with Gasteiger partial charge in [0.25, 0.3) is 0 Å². The van der Waals surface area contributed by atoms with E-state index in [1.54, 1.807) is 72.8 Å². The summed E-state index contributed by atoms with van der Waals surface area (Å²) in [7, 11) is -3.76. The fraction of sp³-hybridized carbons (Fsp3) is 0.231. The molecule has 4 unspecified atom stereocenters. The number of phenolic OH excluding ortho intramolecular Hbond substituents is 2. The SMILES string of the molecule is CC1(c2ccccc2O)C=CC(S(=O)(=O)C2C=CC(C)(c3ccccc3O)C(Cl)=C2)C=C1Cl. The second kappa shape index (κ2) is 8.39. The minimum Gasteiger partial charge on any atom is -0.508 e. The molecule has 2 aliphatic rings. The lowest BCUT2D eigenvalue weighted by Gasteiger charge is -2.34. The van der Waals surface area contributed by atoms with Crippen LogP contribution in [0.2, 0.25) is 0 Å². The zero-order valence-electron chi connectivity index (χ0n) is 18.1. The molecule has 172 valence electrons. The standard InChI is InChI=1S/C26H24Cl2O4S/c1-25(19-7-3-5-9-21(19)29)13-11-17(15-23(25)27)33(31,32)18-12-14-26(2,24(28)16-18)20-8-4-6-10-22(20)30/h3-18,29-30H,1-2H3. The van der Waals surface area contributed by atoms with Crippen molar-refractivity contribution in [3.8, 4) is 11.5 Å². The van der Waals surface area contributed by atoms with Crippen molar-refractivity contribution in [2.24, 2.45) is 0 Å². The van der Waals surface area contributed by atoms with E-state index < -0.39 is 31.2 Å². The third-order valence-electron chi connectivity index (χ3n) is 6.54. The monoisotopic (exact) mass is 502 g/mol. The van der Waals surface area contributed by atoms with E-state index in [-0.39, 0.29) is 11.5 Å². The molecule has 7 heteroatoms. The number of rotatable bonds is 4. The predicted molar refractivity (Wildman–Crippen MR) is 134 cm³/mol. The number of allylic oxidation sites excluding steroid dienone is 4. The summed E-state index contributed by atoms with van der Waals surface area (Å²) in [6.45, 7) is 3.66. The molecule has 0 amide bonds. The summed E-state index contributed by atoms with van der Waals surface area (Å²) >= 11 is 13.2. The number of hydrogen-bond acceptors (Lipinski definition) is 4. The van der Waals surface area contributed by atoms with E-state index in [2.05, 4.69) is 0 Å². The molecule has 33 heavy (non-hydrogen) atoms. The van der Waals surface area contributed by atoms with Crippen LogP contribution < -0.4 is 0 Å². The number of hydrogen-bond donors (Lipinski definition) is 2. The van der Waals surface area contributed by atoms with Crippen molar-refractivity contribution in [3.63, 3.8) is 0 Å². The quantitative estimate of drug-likeness (QED) is 0.514. The summed E-state index contributed by atoms with van der Waals surface area (Å²) in [5, 5.41) is 19.3. The van der Waals surface area contributed by atoms with Crippen LogP contribution in [0.4, 0.5) is 0 Å². The molecule has 2 N–H and O–H groups in total. The Morgan fingerprint density at radius 3 is 1.42 bits per heavy atom. The van der Waals surface area contributed by atoms with Crippen LogP contribution in [-0.4, -0.2) is 29.1 Å². The fourth-order valence-corrected chi connectivity index (χ4v) is 6.69. The van der Waals surface area contributed by atoms with Gasteiger partial charge < -0.3 is 10.2 Å². The maximum Gasteiger partial charge on any atom is 0.170 e. The van der Waals surface area contributed by atoms with Crippen LogP contribution in [-0.2, 0) is 20.7 Å². The first-order valence-electron chi connectivity index (χ1n) is 10.4. The lowest BCUT2D eigenvalue weighted by Crippen LogP contribution is -2.35. The van der Waals surface area contributed by atoms with Crippen molar-refractivity contribution < 1.29 is 18.6 Å². The van der Waals surface area contributed by atoms with E-state index >= 15 is 0 Å². The molecule has 0 aromatic heterocycles. The van der Waals surface area contributed by atoms with E-state index in [0.29, 0.717) is 21.2 Å². The van der Waals surface area contributed by atoms with E-state index in [0.717, 1.165) is 0 Å². The van der Waals surface area contributed by atoms with Crippen LogP contribution >= 0.6 is 23.2 Å². The summed E-state index contributed by atoms with van der Waals surface area (Å²) in [5.74, 6) is 0.178. The number of aromatic hydroxyl groups is 2. The Balaban J connectivity index is 1.65. The molecule has 2 aromatic carbocycles. The van der Waals surface area contributed by atoms with Crippen LogP contribution in [0.5, 0.6) is 11.5 Å². The average Bonchev–Trinajstić information content (AvgIpc) is 2.78. The van der Waals surface area contributed by atoms with Gasteiger partial charge in [0.1, 0.15) is 11.5 Å². The highest BCUT2D eigenvalue weighted by Gasteiger charge is 2.41. The molecule has 4 nitrogen and oxygen atoms in total. The highest BCUT2D eigenvalue weighted by molar-refractivity contribution is 7.93. The van der Waals surface area contributed by atoms with Crippen molar-refractivity contribution in [1.82, 2.24) is 0 Å². The Bertz CT molecular complexity index is 1230. The molecule has 4 atom stereocenters. The summed E-state index contributed by atoms with van der Waals surface area (Å²) in [6.07, 6.45) is 9.65. The van der Waals surface area contributed by atoms with E-state index in [4.69, 9.17) is 23.2 Å². The lowest BCUT2D eigenvalue weighted by molar-refractivity contribution is 0.459. The molecule has 0 saturated heterocycles. The maximum absolute atomic E-state index is 13.5. The van der Waals surface area contributed by atoms with Crippen molar-refractivity contribution in [1.29, 1.82) is 0 Å². The molecule has 4 rings (SSSR count). The van der Waals surface area contributed by atoms with Gasteiger partial charge in [-0.3, -0.25) is 0 Å². The zero-order valence-corrected chi connectivity index (χ0v) is 20.4. The Kier molecular flexibility index (Phi) is 6.02. The topological polar surface area (TPSA) is 74.6 Å². The van der Waals surface area contributed by atoms with Gasteiger partial charge in [-0.25, -0.2) is 8.42 Å². The first-order chi connectivity index (χ1) is 15.5. The van der Waals surface area contributed by atoms with Crippen molar-refractivity contribution in [3.05, 3.63) is 106 Å². The van der Waals surface area contributed by atoms with Gasteiger partial charge in [-0.15, -0.1) is 0 Å². The number of sulfone groups is 1. The first kappa shape index (κ1) is 23.7. The molecule has 2 aromatic rings. The van der Waals surface area contributed by atoms with Crippen molar-refractivity contribution in [2.45, 2.75) is 35.2 Å². The van der Waals surface area contributed by atoms with Gasteiger partial charge in [0.15, 0.2) is 9.84 Å². The Hall–Kier alpha value is -2.47. The number of phenols is 2. The molecule has 0 heterocycles. The molecule has 0 saturated carbocycles.